The topological polar surface area (TPSA) is 78.9 Å². The lowest BCUT2D eigenvalue weighted by Gasteiger charge is -2.30. The van der Waals surface area contributed by atoms with Crippen LogP contribution in [0.5, 0.6) is 0 Å². The minimum absolute atomic E-state index is 0.0162. The number of aliphatic hydroxyl groups is 1. The molecule has 3 unspecified atom stereocenters. The van der Waals surface area contributed by atoms with E-state index in [0.717, 1.165) is 12.8 Å². The summed E-state index contributed by atoms with van der Waals surface area (Å²) in [6, 6.07) is -0.394. The van der Waals surface area contributed by atoms with Crippen molar-refractivity contribution >= 4 is 11.9 Å². The number of nitrogens with one attached hydrogen (secondary N) is 1. The van der Waals surface area contributed by atoms with Crippen LogP contribution < -0.4 is 5.32 Å². The van der Waals surface area contributed by atoms with E-state index in [1.165, 1.54) is 7.11 Å². The maximum Gasteiger partial charge on any atom is 0.323 e. The number of hydrogen-bond acceptors (Lipinski definition) is 5. The highest BCUT2D eigenvalue weighted by molar-refractivity contribution is 5.78. The lowest BCUT2D eigenvalue weighted by Crippen LogP contribution is -2.44. The fourth-order valence-electron chi connectivity index (χ4n) is 2.85. The normalized spacial score (nSPS) is 33.9. The summed E-state index contributed by atoms with van der Waals surface area (Å²) in [4.78, 5) is 25.2. The Hall–Kier alpha value is -1.14. The average molecular weight is 256 g/mol. The minimum Gasteiger partial charge on any atom is -0.468 e. The van der Waals surface area contributed by atoms with Gasteiger partial charge in [-0.3, -0.25) is 14.5 Å². The van der Waals surface area contributed by atoms with Crippen molar-refractivity contribution in [3.63, 3.8) is 0 Å². The number of amides is 1. The molecule has 0 aromatic heterocycles. The molecule has 2 rings (SSSR count). The first-order chi connectivity index (χ1) is 8.61. The number of β-amino-alcohol motifs (C(OH)–C–C–N with tert-alkyl or cyclic N) is 1. The first-order valence-corrected chi connectivity index (χ1v) is 6.40. The molecule has 2 N–H and O–H groups in total. The Morgan fingerprint density at radius 2 is 2.33 bits per heavy atom. The van der Waals surface area contributed by atoms with Crippen LogP contribution in [0.15, 0.2) is 0 Å². The number of methoxy groups -OCH3 is 1. The highest BCUT2D eigenvalue weighted by Gasteiger charge is 2.41. The third-order valence-electron chi connectivity index (χ3n) is 3.72. The van der Waals surface area contributed by atoms with Crippen molar-refractivity contribution < 1.29 is 19.4 Å². The Balaban J connectivity index is 2.08. The Morgan fingerprint density at radius 3 is 3.06 bits per heavy atom. The number of rotatable bonds is 2. The van der Waals surface area contributed by atoms with Crippen LogP contribution in [0, 0.1) is 0 Å². The standard InChI is InChI=1S/C12H20N2O4/c1-18-12(17)10-6-9(15)7-14(10)8-3-2-4-13-11(16)5-8/h8-10,15H,2-7H2,1H3,(H,13,16). The molecular weight excluding hydrogens is 236 g/mol. The molecule has 0 radical (unpaired) electrons. The van der Waals surface area contributed by atoms with Gasteiger partial charge in [-0.25, -0.2) is 0 Å². The van der Waals surface area contributed by atoms with Gasteiger partial charge < -0.3 is 15.2 Å². The van der Waals surface area contributed by atoms with Gasteiger partial charge in [-0.15, -0.1) is 0 Å². The Bertz CT molecular complexity index is 334. The molecule has 0 spiro atoms. The van der Waals surface area contributed by atoms with E-state index >= 15 is 0 Å². The molecule has 1 amide bonds. The third kappa shape index (κ3) is 2.81. The van der Waals surface area contributed by atoms with Crippen molar-refractivity contribution in [2.24, 2.45) is 0 Å². The summed E-state index contributed by atoms with van der Waals surface area (Å²) >= 11 is 0. The van der Waals surface area contributed by atoms with E-state index in [1.54, 1.807) is 0 Å². The zero-order valence-corrected chi connectivity index (χ0v) is 10.6. The summed E-state index contributed by atoms with van der Waals surface area (Å²) < 4.78 is 4.77. The molecule has 2 fully saturated rings. The molecule has 2 aliphatic rings. The van der Waals surface area contributed by atoms with Crippen molar-refractivity contribution in [2.45, 2.75) is 43.9 Å². The molecule has 6 nitrogen and oxygen atoms in total. The van der Waals surface area contributed by atoms with Crippen LogP contribution in [0.3, 0.4) is 0 Å². The summed E-state index contributed by atoms with van der Waals surface area (Å²) in [5, 5.41) is 12.6. The Morgan fingerprint density at radius 1 is 1.56 bits per heavy atom. The van der Waals surface area contributed by atoms with Crippen molar-refractivity contribution in [1.29, 1.82) is 0 Å². The number of carbonyl (C=O) groups excluding carboxylic acids is 2. The monoisotopic (exact) mass is 256 g/mol. The first kappa shape index (κ1) is 13.3. The Kier molecular flexibility index (Phi) is 4.19. The van der Waals surface area contributed by atoms with Crippen LogP contribution in [0.1, 0.15) is 25.7 Å². The summed E-state index contributed by atoms with van der Waals surface area (Å²) in [6.07, 6.45) is 2.03. The molecule has 0 aromatic carbocycles. The second kappa shape index (κ2) is 5.67. The fraction of sp³-hybridized carbons (Fsp3) is 0.833. The molecule has 6 heteroatoms. The van der Waals surface area contributed by atoms with Crippen molar-refractivity contribution in [3.05, 3.63) is 0 Å². The molecule has 2 saturated heterocycles. The summed E-state index contributed by atoms with van der Waals surface area (Å²) in [6.45, 7) is 1.13. The van der Waals surface area contributed by atoms with Crippen molar-refractivity contribution in [3.8, 4) is 0 Å². The summed E-state index contributed by atoms with van der Waals surface area (Å²) in [5.41, 5.74) is 0. The maximum absolute atomic E-state index is 11.7. The SMILES string of the molecule is COC(=O)C1CC(O)CN1C1CCCNC(=O)C1. The molecule has 102 valence electrons. The smallest absolute Gasteiger partial charge is 0.323 e. The van der Waals surface area contributed by atoms with Gasteiger partial charge in [0.25, 0.3) is 0 Å². The average Bonchev–Trinajstić information content (AvgIpc) is 2.60. The Labute approximate surface area is 106 Å². The zero-order chi connectivity index (χ0) is 13.1. The van der Waals surface area contributed by atoms with Gasteiger partial charge in [-0.1, -0.05) is 0 Å². The van der Waals surface area contributed by atoms with E-state index in [4.69, 9.17) is 4.74 Å². The molecule has 2 heterocycles. The second-order valence-corrected chi connectivity index (χ2v) is 4.98. The third-order valence-corrected chi connectivity index (χ3v) is 3.72. The van der Waals surface area contributed by atoms with Gasteiger partial charge in [-0.2, -0.15) is 0 Å². The minimum atomic E-state index is -0.514. The maximum atomic E-state index is 11.7. The molecular formula is C12H20N2O4. The van der Waals surface area contributed by atoms with Crippen molar-refractivity contribution in [2.75, 3.05) is 20.2 Å². The van der Waals surface area contributed by atoms with Crippen LogP contribution in [-0.4, -0.2) is 60.3 Å². The number of likely N-dealkylation sites (tertiary alicyclic amines) is 1. The first-order valence-electron chi connectivity index (χ1n) is 6.40. The number of aliphatic hydroxyl groups excluding tert-OH is 1. The number of nitrogens with zero attached hydrogens (tertiary/aromatic N) is 1. The molecule has 0 saturated carbocycles. The largest absolute Gasteiger partial charge is 0.468 e. The lowest BCUT2D eigenvalue weighted by molar-refractivity contribution is -0.147. The predicted molar refractivity (Wildman–Crippen MR) is 63.8 cm³/mol. The molecule has 0 bridgehead atoms. The van der Waals surface area contributed by atoms with Gasteiger partial charge in [0.2, 0.25) is 5.91 Å². The number of carbonyl (C=O) groups is 2. The number of hydrogen-bond donors (Lipinski definition) is 2. The van der Waals surface area contributed by atoms with Gasteiger partial charge >= 0.3 is 5.97 Å². The lowest BCUT2D eigenvalue weighted by atomic mass is 10.1. The van der Waals surface area contributed by atoms with Crippen LogP contribution in [-0.2, 0) is 14.3 Å². The molecule has 3 atom stereocenters. The van der Waals surface area contributed by atoms with E-state index < -0.39 is 12.1 Å². The number of ether oxygens (including phenoxy) is 1. The van der Waals surface area contributed by atoms with Gasteiger partial charge in [0, 0.05) is 32.0 Å². The van der Waals surface area contributed by atoms with E-state index in [-0.39, 0.29) is 17.9 Å². The van der Waals surface area contributed by atoms with E-state index in [9.17, 15) is 14.7 Å². The van der Waals surface area contributed by atoms with E-state index in [2.05, 4.69) is 5.32 Å². The van der Waals surface area contributed by atoms with Gasteiger partial charge in [0.15, 0.2) is 0 Å². The second-order valence-electron chi connectivity index (χ2n) is 4.98. The van der Waals surface area contributed by atoms with Gasteiger partial charge in [0.05, 0.1) is 13.2 Å². The van der Waals surface area contributed by atoms with Crippen molar-refractivity contribution in [1.82, 2.24) is 10.2 Å². The zero-order valence-electron chi connectivity index (χ0n) is 10.6. The highest BCUT2D eigenvalue weighted by atomic mass is 16.5. The predicted octanol–water partition coefficient (Wildman–Crippen LogP) is -0.737. The quantitative estimate of drug-likeness (QED) is 0.636. The highest BCUT2D eigenvalue weighted by Crippen LogP contribution is 2.26. The molecule has 18 heavy (non-hydrogen) atoms. The summed E-state index contributed by atoms with van der Waals surface area (Å²) in [5.74, 6) is -0.307. The number of esters is 1. The molecule has 0 aliphatic carbocycles. The van der Waals surface area contributed by atoms with Crippen LogP contribution in [0.4, 0.5) is 0 Å². The van der Waals surface area contributed by atoms with Gasteiger partial charge in [-0.05, 0) is 12.8 Å². The van der Waals surface area contributed by atoms with E-state index in [1.807, 2.05) is 4.90 Å². The van der Waals surface area contributed by atoms with E-state index in [0.29, 0.717) is 25.9 Å². The molecule has 2 aliphatic heterocycles. The fourth-order valence-corrected chi connectivity index (χ4v) is 2.85. The molecule has 0 aromatic rings. The van der Waals surface area contributed by atoms with Crippen LogP contribution in [0.2, 0.25) is 0 Å². The van der Waals surface area contributed by atoms with Crippen LogP contribution in [0.25, 0.3) is 0 Å². The summed E-state index contributed by atoms with van der Waals surface area (Å²) in [7, 11) is 1.35. The van der Waals surface area contributed by atoms with Crippen LogP contribution >= 0.6 is 0 Å². The van der Waals surface area contributed by atoms with Gasteiger partial charge in [0.1, 0.15) is 6.04 Å².